The summed E-state index contributed by atoms with van der Waals surface area (Å²) in [6.07, 6.45) is 2.38. The van der Waals surface area contributed by atoms with Gasteiger partial charge in [-0.25, -0.2) is 23.4 Å². The van der Waals surface area contributed by atoms with Gasteiger partial charge in [0.05, 0.1) is 19.5 Å². The minimum Gasteiger partial charge on any atom is -0.494 e. The normalized spacial score (nSPS) is 13.4. The Balaban J connectivity index is 1.82. The van der Waals surface area contributed by atoms with E-state index in [0.717, 1.165) is 11.3 Å². The molecule has 11 nitrogen and oxygen atoms in total. The van der Waals surface area contributed by atoms with E-state index in [4.69, 9.17) is 14.2 Å². The number of hydrogen-bond donors (Lipinski definition) is 0. The van der Waals surface area contributed by atoms with Crippen LogP contribution >= 0.6 is 11.3 Å². The van der Waals surface area contributed by atoms with Crippen molar-refractivity contribution in [1.82, 2.24) is 29.7 Å². The van der Waals surface area contributed by atoms with Gasteiger partial charge in [0.2, 0.25) is 0 Å². The van der Waals surface area contributed by atoms with Crippen molar-refractivity contribution in [2.24, 2.45) is 0 Å². The van der Waals surface area contributed by atoms with Crippen LogP contribution in [-0.2, 0) is 20.3 Å². The molecule has 37 heavy (non-hydrogen) atoms. The van der Waals surface area contributed by atoms with Crippen LogP contribution in [0.25, 0.3) is 16.5 Å². The molecule has 0 aliphatic carbocycles. The molecular weight excluding hydrogens is 516 g/mol. The number of benzene rings is 1. The Labute approximate surface area is 219 Å². The number of ether oxygens (including phenoxy) is 3. The zero-order valence-corrected chi connectivity index (χ0v) is 23.0. The Bertz CT molecular complexity index is 1460. The molecule has 13 heteroatoms. The first-order valence-electron chi connectivity index (χ1n) is 11.3. The van der Waals surface area contributed by atoms with Gasteiger partial charge < -0.3 is 14.2 Å². The van der Waals surface area contributed by atoms with Crippen LogP contribution in [0.3, 0.4) is 0 Å². The fraction of sp³-hybridized carbons (Fsp3) is 0.375. The summed E-state index contributed by atoms with van der Waals surface area (Å²) in [4.78, 5) is 13.1. The van der Waals surface area contributed by atoms with Crippen LogP contribution in [0.15, 0.2) is 36.0 Å². The Hall–Kier alpha value is -3.42. The largest absolute Gasteiger partial charge is 0.494 e. The predicted molar refractivity (Wildman–Crippen MR) is 139 cm³/mol. The standard InChI is InChI=1S/C24H28N6O5S2/c1-14-10-25-22(26-11-14)21(35-6)16(3)37(31,32)13-19-28-29-23(24-27-15(2)12-36-24)30(19)20-17(33-4)8-7-9-18(20)34-5/h7-12,16,21H,13H2,1-6H3/t16-,21-/m1/s1. The number of rotatable bonds is 10. The molecule has 0 saturated heterocycles. The Morgan fingerprint density at radius 3 is 2.22 bits per heavy atom. The number of nitrogens with zero attached hydrogens (tertiary/aromatic N) is 6. The van der Waals surface area contributed by atoms with Gasteiger partial charge >= 0.3 is 0 Å². The van der Waals surface area contributed by atoms with Gasteiger partial charge in [-0.15, -0.1) is 21.5 Å². The topological polar surface area (TPSA) is 131 Å². The van der Waals surface area contributed by atoms with Crippen LogP contribution in [0.4, 0.5) is 0 Å². The SMILES string of the molecule is COc1cccc(OC)c1-n1c(CS(=O)(=O)[C@H](C)[C@@H](OC)c2ncc(C)cn2)nnc1-c1nc(C)cs1. The first kappa shape index (κ1) is 26.6. The number of hydrogen-bond acceptors (Lipinski definition) is 11. The highest BCUT2D eigenvalue weighted by Crippen LogP contribution is 2.37. The lowest BCUT2D eigenvalue weighted by Crippen LogP contribution is -2.30. The first-order valence-corrected chi connectivity index (χ1v) is 13.9. The molecule has 4 aromatic rings. The summed E-state index contributed by atoms with van der Waals surface area (Å²) in [6, 6.07) is 5.29. The Morgan fingerprint density at radius 1 is 1.03 bits per heavy atom. The molecule has 196 valence electrons. The summed E-state index contributed by atoms with van der Waals surface area (Å²) in [5, 5.41) is 10.1. The number of aryl methyl sites for hydroxylation is 2. The molecule has 0 unspecified atom stereocenters. The summed E-state index contributed by atoms with van der Waals surface area (Å²) in [5.41, 5.74) is 2.15. The number of para-hydroxylation sites is 1. The molecule has 3 heterocycles. The summed E-state index contributed by atoms with van der Waals surface area (Å²) in [5.74, 6) is 1.34. The quantitative estimate of drug-likeness (QED) is 0.292. The van der Waals surface area contributed by atoms with Crippen molar-refractivity contribution >= 4 is 21.2 Å². The molecule has 0 N–H and O–H groups in total. The average molecular weight is 545 g/mol. The third-order valence-electron chi connectivity index (χ3n) is 5.80. The predicted octanol–water partition coefficient (Wildman–Crippen LogP) is 3.51. The number of thiazole rings is 1. The van der Waals surface area contributed by atoms with E-state index >= 15 is 0 Å². The molecule has 3 aromatic heterocycles. The van der Waals surface area contributed by atoms with Crippen LogP contribution in [0.1, 0.15) is 35.9 Å². The fourth-order valence-electron chi connectivity index (χ4n) is 3.85. The van der Waals surface area contributed by atoms with Gasteiger partial charge in [0.1, 0.15) is 29.0 Å². The molecule has 4 rings (SSSR count). The van der Waals surface area contributed by atoms with E-state index in [-0.39, 0.29) is 11.6 Å². The number of aromatic nitrogens is 6. The monoisotopic (exact) mass is 544 g/mol. The van der Waals surface area contributed by atoms with Crippen molar-refractivity contribution in [3.8, 4) is 28.0 Å². The molecule has 0 saturated carbocycles. The van der Waals surface area contributed by atoms with Crippen LogP contribution in [-0.4, -0.2) is 64.7 Å². The average Bonchev–Trinajstić information content (AvgIpc) is 3.50. The van der Waals surface area contributed by atoms with Gasteiger partial charge in [-0.1, -0.05) is 6.07 Å². The number of methoxy groups -OCH3 is 3. The molecule has 0 fully saturated rings. The summed E-state index contributed by atoms with van der Waals surface area (Å²) in [6.45, 7) is 5.30. The van der Waals surface area contributed by atoms with Gasteiger partial charge in [0.15, 0.2) is 32.3 Å². The summed E-state index contributed by atoms with van der Waals surface area (Å²) >= 11 is 1.38. The second-order valence-corrected chi connectivity index (χ2v) is 11.6. The van der Waals surface area contributed by atoms with Crippen molar-refractivity contribution in [1.29, 1.82) is 0 Å². The molecule has 0 aliphatic heterocycles. The van der Waals surface area contributed by atoms with Gasteiger partial charge in [0.25, 0.3) is 0 Å². The molecule has 2 atom stereocenters. The van der Waals surface area contributed by atoms with E-state index in [9.17, 15) is 8.42 Å². The van der Waals surface area contributed by atoms with E-state index < -0.39 is 26.9 Å². The maximum Gasteiger partial charge on any atom is 0.197 e. The van der Waals surface area contributed by atoms with E-state index in [1.807, 2.05) is 19.2 Å². The molecule has 0 bridgehead atoms. The van der Waals surface area contributed by atoms with Crippen LogP contribution < -0.4 is 9.47 Å². The van der Waals surface area contributed by atoms with E-state index in [1.165, 1.54) is 32.7 Å². The van der Waals surface area contributed by atoms with E-state index in [1.54, 1.807) is 42.1 Å². The Morgan fingerprint density at radius 2 is 1.68 bits per heavy atom. The second kappa shape index (κ2) is 10.9. The highest BCUT2D eigenvalue weighted by Gasteiger charge is 2.35. The van der Waals surface area contributed by atoms with Crippen molar-refractivity contribution in [3.05, 3.63) is 58.9 Å². The van der Waals surface area contributed by atoms with Crippen LogP contribution in [0.5, 0.6) is 11.5 Å². The van der Waals surface area contributed by atoms with Gasteiger partial charge in [0, 0.05) is 30.6 Å². The second-order valence-electron chi connectivity index (χ2n) is 8.37. The van der Waals surface area contributed by atoms with Crippen molar-refractivity contribution in [3.63, 3.8) is 0 Å². The molecule has 0 aliphatic rings. The lowest BCUT2D eigenvalue weighted by molar-refractivity contribution is 0.0947. The minimum atomic E-state index is -3.84. The third-order valence-corrected chi connectivity index (χ3v) is 8.79. The third kappa shape index (κ3) is 5.33. The number of sulfone groups is 1. The molecule has 0 amide bonds. The fourth-order valence-corrected chi connectivity index (χ4v) is 6.04. The van der Waals surface area contributed by atoms with Gasteiger partial charge in [-0.2, -0.15) is 0 Å². The highest BCUT2D eigenvalue weighted by molar-refractivity contribution is 7.91. The lowest BCUT2D eigenvalue weighted by atomic mass is 10.2. The molecule has 0 spiro atoms. The minimum absolute atomic E-state index is 0.178. The highest BCUT2D eigenvalue weighted by atomic mass is 32.2. The molecular formula is C24H28N6O5S2. The van der Waals surface area contributed by atoms with Crippen molar-refractivity contribution in [2.45, 2.75) is 37.9 Å². The summed E-state index contributed by atoms with van der Waals surface area (Å²) < 4.78 is 45.8. The van der Waals surface area contributed by atoms with Crippen LogP contribution in [0, 0.1) is 13.8 Å². The smallest absolute Gasteiger partial charge is 0.197 e. The summed E-state index contributed by atoms with van der Waals surface area (Å²) in [7, 11) is 0.646. The molecule has 0 radical (unpaired) electrons. The van der Waals surface area contributed by atoms with Crippen molar-refractivity contribution < 1.29 is 22.6 Å². The first-order chi connectivity index (χ1) is 17.7. The zero-order valence-electron chi connectivity index (χ0n) is 21.4. The Kier molecular flexibility index (Phi) is 7.85. The van der Waals surface area contributed by atoms with Gasteiger partial charge in [-0.3, -0.25) is 4.57 Å². The van der Waals surface area contributed by atoms with E-state index in [2.05, 4.69) is 25.1 Å². The maximum atomic E-state index is 13.7. The van der Waals surface area contributed by atoms with Crippen LogP contribution in [0.2, 0.25) is 0 Å². The lowest BCUT2D eigenvalue weighted by Gasteiger charge is -2.22. The van der Waals surface area contributed by atoms with Gasteiger partial charge in [-0.05, 0) is 38.5 Å². The maximum absolute atomic E-state index is 13.7. The van der Waals surface area contributed by atoms with E-state index in [0.29, 0.717) is 28.0 Å². The zero-order chi connectivity index (χ0) is 26.7. The molecule has 1 aromatic carbocycles. The van der Waals surface area contributed by atoms with Crippen molar-refractivity contribution in [2.75, 3.05) is 21.3 Å².